The molecule has 0 spiro atoms. The number of halogens is 1. The number of hydrogen-bond acceptors (Lipinski definition) is 3. The molecule has 1 N–H and O–H groups in total. The summed E-state index contributed by atoms with van der Waals surface area (Å²) in [6, 6.07) is 15.3. The molecular weight excluding hydrogens is 404 g/mol. The van der Waals surface area contributed by atoms with Crippen molar-refractivity contribution in [3.63, 3.8) is 0 Å². The second-order valence-electron chi connectivity index (χ2n) is 5.93. The van der Waals surface area contributed by atoms with Crippen LogP contribution in [0, 0.1) is 0 Å². The average molecular weight is 423 g/mol. The number of rotatable bonds is 5. The summed E-state index contributed by atoms with van der Waals surface area (Å²) in [6.45, 7) is 0.736. The molecule has 25 heavy (non-hydrogen) atoms. The van der Waals surface area contributed by atoms with Gasteiger partial charge in [-0.05, 0) is 42.7 Å². The molecule has 1 aliphatic heterocycles. The monoisotopic (exact) mass is 422 g/mol. The van der Waals surface area contributed by atoms with E-state index in [1.807, 2.05) is 24.3 Å². The van der Waals surface area contributed by atoms with Crippen LogP contribution in [0.3, 0.4) is 0 Å². The first-order valence-corrected chi connectivity index (χ1v) is 10.3. The maximum absolute atomic E-state index is 12.8. The zero-order chi connectivity index (χ0) is 17.9. The minimum atomic E-state index is -3.66. The van der Waals surface area contributed by atoms with Crippen molar-refractivity contribution < 1.29 is 13.2 Å². The Bertz CT molecular complexity index is 856. The first kappa shape index (κ1) is 18.1. The Morgan fingerprint density at radius 2 is 1.92 bits per heavy atom. The average Bonchev–Trinajstić information content (AvgIpc) is 3.11. The van der Waals surface area contributed by atoms with Gasteiger partial charge >= 0.3 is 0 Å². The molecule has 3 rings (SSSR count). The van der Waals surface area contributed by atoms with Crippen LogP contribution in [0.25, 0.3) is 0 Å². The van der Waals surface area contributed by atoms with Gasteiger partial charge in [-0.15, -0.1) is 0 Å². The summed E-state index contributed by atoms with van der Waals surface area (Å²) in [7, 11) is -3.66. The van der Waals surface area contributed by atoms with E-state index in [2.05, 4.69) is 21.2 Å². The first-order valence-electron chi connectivity index (χ1n) is 8.07. The van der Waals surface area contributed by atoms with Gasteiger partial charge in [0.2, 0.25) is 15.9 Å². The molecule has 2 aromatic carbocycles. The van der Waals surface area contributed by atoms with Crippen LogP contribution >= 0.6 is 15.9 Å². The lowest BCUT2D eigenvalue weighted by molar-refractivity contribution is -0.124. The van der Waals surface area contributed by atoms with Crippen molar-refractivity contribution in [3.8, 4) is 0 Å². The van der Waals surface area contributed by atoms with Crippen LogP contribution < -0.4 is 5.32 Å². The molecule has 1 fully saturated rings. The van der Waals surface area contributed by atoms with Crippen LogP contribution in [-0.2, 0) is 21.4 Å². The van der Waals surface area contributed by atoms with Crippen molar-refractivity contribution in [3.05, 3.63) is 64.6 Å². The van der Waals surface area contributed by atoms with Gasteiger partial charge in [-0.2, -0.15) is 4.31 Å². The number of carbonyl (C=O) groups is 1. The standard InChI is InChI=1S/C18H19BrN2O3S/c19-15-7-4-6-14(12-15)13-20-18(22)17-10-5-11-21(17)25(23,24)16-8-2-1-3-9-16/h1-4,6-9,12,17H,5,10-11,13H2,(H,20,22)/t17-/m0/s1. The van der Waals surface area contributed by atoms with Gasteiger partial charge < -0.3 is 5.32 Å². The van der Waals surface area contributed by atoms with Crippen molar-refractivity contribution >= 4 is 31.9 Å². The van der Waals surface area contributed by atoms with Crippen molar-refractivity contribution in [2.75, 3.05) is 6.54 Å². The van der Waals surface area contributed by atoms with E-state index in [1.54, 1.807) is 30.3 Å². The van der Waals surface area contributed by atoms with Crippen molar-refractivity contribution in [1.82, 2.24) is 9.62 Å². The number of sulfonamides is 1. The van der Waals surface area contributed by atoms with Crippen LogP contribution in [0.1, 0.15) is 18.4 Å². The third-order valence-electron chi connectivity index (χ3n) is 4.21. The highest BCUT2D eigenvalue weighted by molar-refractivity contribution is 9.10. The van der Waals surface area contributed by atoms with E-state index in [0.717, 1.165) is 10.0 Å². The Balaban J connectivity index is 1.72. The molecule has 1 amide bonds. The topological polar surface area (TPSA) is 66.5 Å². The Labute approximate surface area is 156 Å². The molecule has 1 atom stereocenters. The summed E-state index contributed by atoms with van der Waals surface area (Å²) in [5, 5.41) is 2.86. The fraction of sp³-hybridized carbons (Fsp3) is 0.278. The predicted molar refractivity (Wildman–Crippen MR) is 99.3 cm³/mol. The van der Waals surface area contributed by atoms with Gasteiger partial charge in [-0.1, -0.05) is 46.3 Å². The van der Waals surface area contributed by atoms with E-state index in [9.17, 15) is 13.2 Å². The zero-order valence-corrected chi connectivity index (χ0v) is 16.0. The fourth-order valence-corrected chi connectivity index (χ4v) is 5.10. The second kappa shape index (κ2) is 7.68. The van der Waals surface area contributed by atoms with Crippen LogP contribution in [0.2, 0.25) is 0 Å². The highest BCUT2D eigenvalue weighted by Crippen LogP contribution is 2.26. The van der Waals surface area contributed by atoms with Crippen LogP contribution in [0.5, 0.6) is 0 Å². The molecular formula is C18H19BrN2O3S. The maximum Gasteiger partial charge on any atom is 0.243 e. The fourth-order valence-electron chi connectivity index (χ4n) is 2.97. The zero-order valence-electron chi connectivity index (χ0n) is 13.6. The molecule has 132 valence electrons. The molecule has 2 aromatic rings. The number of amides is 1. The smallest absolute Gasteiger partial charge is 0.243 e. The van der Waals surface area contributed by atoms with E-state index < -0.39 is 16.1 Å². The molecule has 1 heterocycles. The van der Waals surface area contributed by atoms with Crippen LogP contribution in [0.15, 0.2) is 64.0 Å². The molecule has 0 saturated carbocycles. The molecule has 7 heteroatoms. The first-order chi connectivity index (χ1) is 12.0. The largest absolute Gasteiger partial charge is 0.351 e. The maximum atomic E-state index is 12.8. The van der Waals surface area contributed by atoms with Crippen molar-refractivity contribution in [1.29, 1.82) is 0 Å². The summed E-state index contributed by atoms with van der Waals surface area (Å²) < 4.78 is 27.9. The van der Waals surface area contributed by atoms with Gasteiger partial charge in [-0.25, -0.2) is 8.42 Å². The lowest BCUT2D eigenvalue weighted by Gasteiger charge is -2.23. The van der Waals surface area contributed by atoms with Gasteiger partial charge in [0.15, 0.2) is 0 Å². The Morgan fingerprint density at radius 1 is 1.16 bits per heavy atom. The molecule has 5 nitrogen and oxygen atoms in total. The minimum absolute atomic E-state index is 0.224. The highest BCUT2D eigenvalue weighted by Gasteiger charge is 2.39. The summed E-state index contributed by atoms with van der Waals surface area (Å²) in [4.78, 5) is 12.8. The predicted octanol–water partition coefficient (Wildman–Crippen LogP) is 2.92. The van der Waals surface area contributed by atoms with Gasteiger partial charge in [0.05, 0.1) is 4.90 Å². The summed E-state index contributed by atoms with van der Waals surface area (Å²) >= 11 is 3.40. The van der Waals surface area contributed by atoms with E-state index in [-0.39, 0.29) is 10.8 Å². The molecule has 0 bridgehead atoms. The van der Waals surface area contributed by atoms with E-state index in [0.29, 0.717) is 25.9 Å². The van der Waals surface area contributed by atoms with Gasteiger partial charge in [0, 0.05) is 17.6 Å². The Hall–Kier alpha value is -1.70. The van der Waals surface area contributed by atoms with Gasteiger partial charge in [0.25, 0.3) is 0 Å². The van der Waals surface area contributed by atoms with Crippen molar-refractivity contribution in [2.24, 2.45) is 0 Å². The van der Waals surface area contributed by atoms with E-state index >= 15 is 0 Å². The normalized spacial score (nSPS) is 18.2. The lowest BCUT2D eigenvalue weighted by atomic mass is 10.2. The number of nitrogens with zero attached hydrogens (tertiary/aromatic N) is 1. The molecule has 0 aromatic heterocycles. The molecule has 0 unspecified atom stereocenters. The van der Waals surface area contributed by atoms with Crippen molar-refractivity contribution in [2.45, 2.75) is 30.3 Å². The molecule has 1 aliphatic rings. The number of carbonyl (C=O) groups excluding carboxylic acids is 1. The summed E-state index contributed by atoms with van der Waals surface area (Å²) in [5.74, 6) is -0.253. The highest BCUT2D eigenvalue weighted by atomic mass is 79.9. The van der Waals surface area contributed by atoms with Gasteiger partial charge in [-0.3, -0.25) is 4.79 Å². The summed E-state index contributed by atoms with van der Waals surface area (Å²) in [6.07, 6.45) is 1.22. The number of nitrogens with one attached hydrogen (secondary N) is 1. The second-order valence-corrected chi connectivity index (χ2v) is 8.74. The third kappa shape index (κ3) is 4.11. The number of hydrogen-bond donors (Lipinski definition) is 1. The Kier molecular flexibility index (Phi) is 5.56. The SMILES string of the molecule is O=C(NCc1cccc(Br)c1)[C@@H]1CCCN1S(=O)(=O)c1ccccc1. The Morgan fingerprint density at radius 3 is 2.64 bits per heavy atom. The lowest BCUT2D eigenvalue weighted by Crippen LogP contribution is -2.45. The molecule has 1 saturated heterocycles. The van der Waals surface area contributed by atoms with E-state index in [4.69, 9.17) is 0 Å². The van der Waals surface area contributed by atoms with Crippen LogP contribution in [-0.4, -0.2) is 31.2 Å². The molecule has 0 radical (unpaired) electrons. The minimum Gasteiger partial charge on any atom is -0.351 e. The van der Waals surface area contributed by atoms with Gasteiger partial charge in [0.1, 0.15) is 6.04 Å². The third-order valence-corrected chi connectivity index (χ3v) is 6.63. The van der Waals surface area contributed by atoms with E-state index in [1.165, 1.54) is 4.31 Å². The summed E-state index contributed by atoms with van der Waals surface area (Å²) in [5.41, 5.74) is 0.957. The molecule has 0 aliphatic carbocycles. The quantitative estimate of drug-likeness (QED) is 0.805. The number of benzene rings is 2. The van der Waals surface area contributed by atoms with Crippen LogP contribution in [0.4, 0.5) is 0 Å².